The van der Waals surface area contributed by atoms with Crippen LogP contribution < -0.4 is 5.32 Å². The number of rotatable bonds is 6. The number of aromatic nitrogens is 2. The Bertz CT molecular complexity index is 1410. The van der Waals surface area contributed by atoms with E-state index in [4.69, 9.17) is 16.0 Å². The summed E-state index contributed by atoms with van der Waals surface area (Å²) >= 11 is 5.87. The lowest BCUT2D eigenvalue weighted by Gasteiger charge is -2.30. The van der Waals surface area contributed by atoms with Crippen molar-refractivity contribution in [2.45, 2.75) is 22.6 Å². The van der Waals surface area contributed by atoms with E-state index in [9.17, 15) is 21.6 Å². The van der Waals surface area contributed by atoms with Gasteiger partial charge < -0.3 is 4.42 Å². The molecule has 0 unspecified atom stereocenters. The van der Waals surface area contributed by atoms with Crippen molar-refractivity contribution in [1.29, 1.82) is 0 Å². The van der Waals surface area contributed by atoms with E-state index in [1.807, 2.05) is 0 Å². The van der Waals surface area contributed by atoms with Gasteiger partial charge in [-0.15, -0.1) is 5.10 Å². The van der Waals surface area contributed by atoms with Crippen molar-refractivity contribution in [3.05, 3.63) is 53.6 Å². The number of hydrogen-bond acceptors (Lipinski definition) is 8. The topological polar surface area (TPSA) is 140 Å². The van der Waals surface area contributed by atoms with Crippen molar-refractivity contribution < 1.29 is 26.0 Å². The molecule has 0 atom stereocenters. The molecule has 1 aromatic heterocycles. The Balaban J connectivity index is 1.38. The zero-order valence-corrected chi connectivity index (χ0v) is 20.4. The normalized spacial score (nSPS) is 15.8. The number of carbonyl (C=O) groups excluding carboxylic acids is 1. The molecule has 0 aliphatic carbocycles. The summed E-state index contributed by atoms with van der Waals surface area (Å²) in [5, 5.41) is 10.9. The molecular weight excluding hydrogens is 504 g/mol. The van der Waals surface area contributed by atoms with Crippen LogP contribution in [0.15, 0.2) is 62.7 Å². The van der Waals surface area contributed by atoms with E-state index in [0.29, 0.717) is 10.6 Å². The quantitative estimate of drug-likeness (QED) is 0.519. The molecule has 0 radical (unpaired) electrons. The van der Waals surface area contributed by atoms with Gasteiger partial charge in [-0.1, -0.05) is 22.8 Å². The van der Waals surface area contributed by atoms with Crippen molar-refractivity contribution in [2.24, 2.45) is 5.92 Å². The molecule has 2 aromatic carbocycles. The molecule has 1 aliphatic rings. The zero-order chi connectivity index (χ0) is 24.5. The fourth-order valence-electron chi connectivity index (χ4n) is 3.56. The van der Waals surface area contributed by atoms with Crippen LogP contribution in [0, 0.1) is 5.92 Å². The maximum atomic E-state index is 13.0. The van der Waals surface area contributed by atoms with Crippen LogP contribution >= 0.6 is 11.6 Å². The Morgan fingerprint density at radius 3 is 2.32 bits per heavy atom. The lowest BCUT2D eigenvalue weighted by molar-refractivity contribution is -0.121. The Morgan fingerprint density at radius 2 is 1.68 bits per heavy atom. The van der Waals surface area contributed by atoms with Gasteiger partial charge in [-0.2, -0.15) is 4.31 Å². The van der Waals surface area contributed by atoms with Gasteiger partial charge in [-0.25, -0.2) is 16.8 Å². The number of sulfone groups is 1. The molecule has 0 bridgehead atoms. The molecule has 1 aliphatic heterocycles. The molecule has 1 N–H and O–H groups in total. The van der Waals surface area contributed by atoms with Crippen LogP contribution in [0.25, 0.3) is 11.5 Å². The number of benzene rings is 2. The van der Waals surface area contributed by atoms with Crippen molar-refractivity contribution in [3.63, 3.8) is 0 Å². The van der Waals surface area contributed by atoms with E-state index < -0.39 is 25.8 Å². The molecule has 180 valence electrons. The van der Waals surface area contributed by atoms with Crippen LogP contribution in [0.5, 0.6) is 0 Å². The maximum Gasteiger partial charge on any atom is 0.322 e. The van der Waals surface area contributed by atoms with E-state index >= 15 is 0 Å². The SMILES string of the molecule is CS(=O)(=O)c1cccc(S(=O)(=O)N2CCC(C(=O)Nc3nnc(-c4ccc(Cl)cc4)o3)CC2)c1. The molecule has 0 spiro atoms. The highest BCUT2D eigenvalue weighted by atomic mass is 35.5. The van der Waals surface area contributed by atoms with Crippen LogP contribution in [0.2, 0.25) is 5.02 Å². The number of anilines is 1. The number of nitrogens with one attached hydrogen (secondary N) is 1. The molecule has 1 amide bonds. The molecular formula is C21H21ClN4O6S2. The number of amides is 1. The average Bonchev–Trinajstić information content (AvgIpc) is 3.27. The molecule has 2 heterocycles. The maximum absolute atomic E-state index is 13.0. The second kappa shape index (κ2) is 9.45. The Hall–Kier alpha value is -2.80. The van der Waals surface area contributed by atoms with Gasteiger partial charge in [-0.3, -0.25) is 10.1 Å². The van der Waals surface area contributed by atoms with Gasteiger partial charge in [-0.05, 0) is 55.3 Å². The molecule has 34 heavy (non-hydrogen) atoms. The van der Waals surface area contributed by atoms with Gasteiger partial charge in [0.25, 0.3) is 0 Å². The third-order valence-electron chi connectivity index (χ3n) is 5.44. The van der Waals surface area contributed by atoms with Gasteiger partial charge in [0.05, 0.1) is 9.79 Å². The first-order chi connectivity index (χ1) is 16.0. The molecule has 10 nitrogen and oxygen atoms in total. The largest absolute Gasteiger partial charge is 0.403 e. The predicted molar refractivity (Wildman–Crippen MR) is 124 cm³/mol. The fraction of sp³-hybridized carbons (Fsp3) is 0.286. The summed E-state index contributed by atoms with van der Waals surface area (Å²) in [7, 11) is -7.44. The summed E-state index contributed by atoms with van der Waals surface area (Å²) < 4.78 is 56.3. The first kappa shape index (κ1) is 24.3. The van der Waals surface area contributed by atoms with E-state index in [1.165, 1.54) is 22.5 Å². The molecule has 3 aromatic rings. The van der Waals surface area contributed by atoms with E-state index in [1.54, 1.807) is 24.3 Å². The van der Waals surface area contributed by atoms with Crippen LogP contribution in [0.4, 0.5) is 6.01 Å². The van der Waals surface area contributed by atoms with Crippen LogP contribution in [-0.2, 0) is 24.7 Å². The van der Waals surface area contributed by atoms with Gasteiger partial charge >= 0.3 is 6.01 Å². The second-order valence-electron chi connectivity index (χ2n) is 7.83. The fourth-order valence-corrected chi connectivity index (χ4v) is 5.95. The van der Waals surface area contributed by atoms with Crippen LogP contribution in [-0.4, -0.2) is 56.6 Å². The standard InChI is InChI=1S/C21H21ClN4O6S2/c1-33(28,29)17-3-2-4-18(13-17)34(30,31)26-11-9-14(10-12-26)19(27)23-21-25-24-20(32-21)15-5-7-16(22)8-6-15/h2-8,13-14H,9-12H2,1H3,(H,23,25,27). The number of halogens is 1. The van der Waals surface area contributed by atoms with E-state index in [-0.39, 0.29) is 53.5 Å². The highest BCUT2D eigenvalue weighted by Crippen LogP contribution is 2.27. The van der Waals surface area contributed by atoms with Crippen molar-refractivity contribution in [2.75, 3.05) is 24.7 Å². The third kappa shape index (κ3) is 5.30. The highest BCUT2D eigenvalue weighted by molar-refractivity contribution is 7.91. The monoisotopic (exact) mass is 524 g/mol. The van der Waals surface area contributed by atoms with Crippen LogP contribution in [0.1, 0.15) is 12.8 Å². The number of hydrogen-bond donors (Lipinski definition) is 1. The van der Waals surface area contributed by atoms with Gasteiger partial charge in [0.1, 0.15) is 0 Å². The van der Waals surface area contributed by atoms with Crippen molar-refractivity contribution in [3.8, 4) is 11.5 Å². The first-order valence-corrected chi connectivity index (χ1v) is 14.0. The summed E-state index contributed by atoms with van der Waals surface area (Å²) in [6.45, 7) is 0.229. The van der Waals surface area contributed by atoms with E-state index in [0.717, 1.165) is 12.3 Å². The predicted octanol–water partition coefficient (Wildman–Crippen LogP) is 2.83. The van der Waals surface area contributed by atoms with Gasteiger partial charge in [0, 0.05) is 35.8 Å². The Morgan fingerprint density at radius 1 is 1.03 bits per heavy atom. The molecule has 1 fully saturated rings. The lowest BCUT2D eigenvalue weighted by atomic mass is 9.97. The number of carbonyl (C=O) groups is 1. The first-order valence-electron chi connectivity index (χ1n) is 10.2. The van der Waals surface area contributed by atoms with Gasteiger partial charge in [0.2, 0.25) is 21.8 Å². The minimum Gasteiger partial charge on any atom is -0.403 e. The second-order valence-corrected chi connectivity index (χ2v) is 12.2. The number of sulfonamides is 1. The summed E-state index contributed by atoms with van der Waals surface area (Å²) in [5.41, 5.74) is 0.649. The molecule has 0 saturated carbocycles. The summed E-state index contributed by atoms with van der Waals surface area (Å²) in [6.07, 6.45) is 1.59. The number of nitrogens with zero attached hydrogens (tertiary/aromatic N) is 3. The van der Waals surface area contributed by atoms with E-state index in [2.05, 4.69) is 15.5 Å². The smallest absolute Gasteiger partial charge is 0.322 e. The number of piperidine rings is 1. The summed E-state index contributed by atoms with van der Waals surface area (Å²) in [4.78, 5) is 12.5. The van der Waals surface area contributed by atoms with Crippen LogP contribution in [0.3, 0.4) is 0 Å². The Kier molecular flexibility index (Phi) is 6.76. The molecule has 4 rings (SSSR count). The highest BCUT2D eigenvalue weighted by Gasteiger charge is 2.33. The zero-order valence-electron chi connectivity index (χ0n) is 18.0. The minimum atomic E-state index is -3.90. The minimum absolute atomic E-state index is 0.0532. The van der Waals surface area contributed by atoms with Crippen molar-refractivity contribution >= 4 is 43.4 Å². The summed E-state index contributed by atoms with van der Waals surface area (Å²) in [6, 6.07) is 12.0. The average molecular weight is 525 g/mol. The Labute approximate surface area is 201 Å². The van der Waals surface area contributed by atoms with Gasteiger partial charge in [0.15, 0.2) is 9.84 Å². The van der Waals surface area contributed by atoms with Crippen molar-refractivity contribution in [1.82, 2.24) is 14.5 Å². The molecule has 13 heteroatoms. The third-order valence-corrected chi connectivity index (χ3v) is 8.70. The lowest BCUT2D eigenvalue weighted by Crippen LogP contribution is -2.41. The summed E-state index contributed by atoms with van der Waals surface area (Å²) in [5.74, 6) is -0.564. The molecule has 1 saturated heterocycles.